The van der Waals surface area contributed by atoms with Crippen LogP contribution < -0.4 is 0 Å². The monoisotopic (exact) mass is 281 g/mol. The molecule has 0 saturated heterocycles. The first-order valence-corrected chi connectivity index (χ1v) is 6.34. The fourth-order valence-corrected chi connectivity index (χ4v) is 1.85. The molecule has 0 N–H and O–H groups in total. The quantitative estimate of drug-likeness (QED) is 0.770. The highest BCUT2D eigenvalue weighted by molar-refractivity contribution is 5.95. The molecule has 0 heterocycles. The summed E-state index contributed by atoms with van der Waals surface area (Å²) < 4.78 is 0. The highest BCUT2D eigenvalue weighted by Crippen LogP contribution is 2.11. The third-order valence-corrected chi connectivity index (χ3v) is 3.10. The summed E-state index contributed by atoms with van der Waals surface area (Å²) in [6.45, 7) is 6.93. The van der Waals surface area contributed by atoms with Gasteiger partial charge in [-0.3, -0.25) is 4.79 Å². The first kappa shape index (κ1) is 17.9. The van der Waals surface area contributed by atoms with Crippen LogP contribution in [0.3, 0.4) is 0 Å². The van der Waals surface area contributed by atoms with Gasteiger partial charge in [0.15, 0.2) is 5.78 Å². The summed E-state index contributed by atoms with van der Waals surface area (Å²) in [4.78, 5) is 13.9. The average Bonchev–Trinajstić information content (AvgIpc) is 2.29. The second kappa shape index (κ2) is 8.13. The van der Waals surface area contributed by atoms with Gasteiger partial charge in [-0.1, -0.05) is 31.2 Å². The van der Waals surface area contributed by atoms with Gasteiger partial charge in [0, 0.05) is 12.5 Å². The molecule has 0 fully saturated rings. The minimum Gasteiger partial charge on any atom is -0.309 e. The number of rotatable bonds is 5. The highest BCUT2D eigenvalue weighted by atomic mass is 35.5. The zero-order valence-electron chi connectivity index (χ0n) is 12.4. The standard InChI is InChI=1S/C16H23NO.ClH/c1-12-6-7-15(10-13(12)2)8-9-16(18)14(3)11-17(4)5;/h6-10,14H,11H2,1-5H3;1H. The van der Waals surface area contributed by atoms with Crippen LogP contribution in [0.25, 0.3) is 6.08 Å². The predicted octanol–water partition coefficient (Wildman–Crippen LogP) is 3.51. The molecule has 0 radical (unpaired) electrons. The maximum Gasteiger partial charge on any atom is 0.159 e. The molecule has 1 unspecified atom stereocenters. The lowest BCUT2D eigenvalue weighted by molar-refractivity contribution is -0.118. The van der Waals surface area contributed by atoms with Gasteiger partial charge in [0.25, 0.3) is 0 Å². The van der Waals surface area contributed by atoms with Gasteiger partial charge in [-0.15, -0.1) is 12.4 Å². The summed E-state index contributed by atoms with van der Waals surface area (Å²) in [6.07, 6.45) is 3.60. The molecule has 1 aromatic rings. The van der Waals surface area contributed by atoms with E-state index in [2.05, 4.69) is 26.0 Å². The molecule has 0 aromatic heterocycles. The van der Waals surface area contributed by atoms with Crippen LogP contribution in [-0.4, -0.2) is 31.3 Å². The lowest BCUT2D eigenvalue weighted by Crippen LogP contribution is -2.24. The number of hydrogen-bond donors (Lipinski definition) is 0. The number of ketones is 1. The van der Waals surface area contributed by atoms with E-state index in [0.717, 1.165) is 12.1 Å². The molecule has 1 atom stereocenters. The number of carbonyl (C=O) groups excluding carboxylic acids is 1. The van der Waals surface area contributed by atoms with Gasteiger partial charge in [-0.05, 0) is 50.7 Å². The average molecular weight is 282 g/mol. The molecule has 0 aliphatic heterocycles. The van der Waals surface area contributed by atoms with Crippen LogP contribution >= 0.6 is 12.4 Å². The summed E-state index contributed by atoms with van der Waals surface area (Å²) in [5.41, 5.74) is 3.62. The minimum absolute atomic E-state index is 0. The third-order valence-electron chi connectivity index (χ3n) is 3.10. The number of hydrogen-bond acceptors (Lipinski definition) is 2. The van der Waals surface area contributed by atoms with Gasteiger partial charge < -0.3 is 4.90 Å². The van der Waals surface area contributed by atoms with Crippen molar-refractivity contribution in [2.75, 3.05) is 20.6 Å². The zero-order valence-corrected chi connectivity index (χ0v) is 13.3. The van der Waals surface area contributed by atoms with Crippen molar-refractivity contribution in [2.45, 2.75) is 20.8 Å². The lowest BCUT2D eigenvalue weighted by atomic mass is 10.0. The van der Waals surface area contributed by atoms with Crippen LogP contribution in [0.4, 0.5) is 0 Å². The third kappa shape index (κ3) is 6.04. The van der Waals surface area contributed by atoms with Gasteiger partial charge in [0.05, 0.1) is 0 Å². The van der Waals surface area contributed by atoms with Gasteiger partial charge in [0.1, 0.15) is 0 Å². The molecule has 1 aromatic carbocycles. The fraction of sp³-hybridized carbons (Fsp3) is 0.438. The van der Waals surface area contributed by atoms with Gasteiger partial charge in [0.2, 0.25) is 0 Å². The summed E-state index contributed by atoms with van der Waals surface area (Å²) in [7, 11) is 3.97. The smallest absolute Gasteiger partial charge is 0.159 e. The molecular weight excluding hydrogens is 258 g/mol. The minimum atomic E-state index is 0. The van der Waals surface area contributed by atoms with Crippen molar-refractivity contribution in [2.24, 2.45) is 5.92 Å². The molecule has 0 spiro atoms. The van der Waals surface area contributed by atoms with E-state index in [-0.39, 0.29) is 24.1 Å². The van der Waals surface area contributed by atoms with Crippen LogP contribution in [0.2, 0.25) is 0 Å². The molecule has 0 amide bonds. The molecule has 0 aliphatic rings. The Hall–Kier alpha value is -1.12. The molecule has 106 valence electrons. The number of allylic oxidation sites excluding steroid dienone is 1. The SMILES string of the molecule is Cc1ccc(C=CC(=O)C(C)CN(C)C)cc1C.Cl. The molecule has 3 heteroatoms. The number of nitrogens with zero attached hydrogens (tertiary/aromatic N) is 1. The Morgan fingerprint density at radius 3 is 2.42 bits per heavy atom. The van der Waals surface area contributed by atoms with E-state index >= 15 is 0 Å². The second-order valence-electron chi connectivity index (χ2n) is 5.24. The zero-order chi connectivity index (χ0) is 13.7. The maximum absolute atomic E-state index is 11.9. The van der Waals surface area contributed by atoms with Gasteiger partial charge in [-0.2, -0.15) is 0 Å². The van der Waals surface area contributed by atoms with Crippen LogP contribution in [0.5, 0.6) is 0 Å². The molecule has 0 saturated carbocycles. The van der Waals surface area contributed by atoms with Crippen LogP contribution in [0, 0.1) is 19.8 Å². The van der Waals surface area contributed by atoms with E-state index in [1.54, 1.807) is 6.08 Å². The number of aryl methyl sites for hydroxylation is 2. The summed E-state index contributed by atoms with van der Waals surface area (Å²) in [5, 5.41) is 0. The molecule has 2 nitrogen and oxygen atoms in total. The number of carbonyl (C=O) groups is 1. The fourth-order valence-electron chi connectivity index (χ4n) is 1.85. The van der Waals surface area contributed by atoms with Crippen LogP contribution in [0.1, 0.15) is 23.6 Å². The predicted molar refractivity (Wildman–Crippen MR) is 84.9 cm³/mol. The normalized spacial score (nSPS) is 12.5. The summed E-state index contributed by atoms with van der Waals surface area (Å²) >= 11 is 0. The Morgan fingerprint density at radius 1 is 1.26 bits per heavy atom. The van der Waals surface area contributed by atoms with Crippen molar-refractivity contribution in [3.8, 4) is 0 Å². The second-order valence-corrected chi connectivity index (χ2v) is 5.24. The maximum atomic E-state index is 11.9. The Bertz CT molecular complexity index is 452. The van der Waals surface area contributed by atoms with E-state index in [1.165, 1.54) is 11.1 Å². The molecular formula is C16H24ClNO. The number of halogens is 1. The van der Waals surface area contributed by atoms with Crippen molar-refractivity contribution in [3.05, 3.63) is 41.0 Å². The van der Waals surface area contributed by atoms with Crippen LogP contribution in [0.15, 0.2) is 24.3 Å². The topological polar surface area (TPSA) is 20.3 Å². The molecule has 0 aliphatic carbocycles. The highest BCUT2D eigenvalue weighted by Gasteiger charge is 2.10. The molecule has 19 heavy (non-hydrogen) atoms. The first-order chi connectivity index (χ1) is 8.40. The van der Waals surface area contributed by atoms with Crippen LogP contribution in [-0.2, 0) is 4.79 Å². The van der Waals surface area contributed by atoms with E-state index in [9.17, 15) is 4.79 Å². The Balaban J connectivity index is 0.00000324. The van der Waals surface area contributed by atoms with Crippen molar-refractivity contribution < 1.29 is 4.79 Å². The Kier molecular flexibility index (Phi) is 7.65. The Labute approximate surface area is 122 Å². The summed E-state index contributed by atoms with van der Waals surface area (Å²) in [5.74, 6) is 0.227. The van der Waals surface area contributed by atoms with Gasteiger partial charge >= 0.3 is 0 Å². The van der Waals surface area contributed by atoms with Gasteiger partial charge in [-0.25, -0.2) is 0 Å². The number of benzene rings is 1. The van der Waals surface area contributed by atoms with E-state index in [1.807, 2.05) is 38.1 Å². The first-order valence-electron chi connectivity index (χ1n) is 6.34. The largest absolute Gasteiger partial charge is 0.309 e. The molecule has 1 rings (SSSR count). The van der Waals surface area contributed by atoms with E-state index in [0.29, 0.717) is 0 Å². The van der Waals surface area contributed by atoms with Crippen molar-refractivity contribution >= 4 is 24.3 Å². The summed E-state index contributed by atoms with van der Waals surface area (Å²) in [6, 6.07) is 6.24. The molecule has 0 bridgehead atoms. The van der Waals surface area contributed by atoms with Crippen molar-refractivity contribution in [3.63, 3.8) is 0 Å². The van der Waals surface area contributed by atoms with E-state index < -0.39 is 0 Å². The van der Waals surface area contributed by atoms with E-state index in [4.69, 9.17) is 0 Å². The Morgan fingerprint density at radius 2 is 1.89 bits per heavy atom. The van der Waals surface area contributed by atoms with Crippen molar-refractivity contribution in [1.29, 1.82) is 0 Å². The van der Waals surface area contributed by atoms with Crippen molar-refractivity contribution in [1.82, 2.24) is 4.90 Å². The lowest BCUT2D eigenvalue weighted by Gasteiger charge is -2.13.